The second kappa shape index (κ2) is 6.75. The van der Waals surface area contributed by atoms with Crippen LogP contribution in [0.5, 0.6) is 0 Å². The summed E-state index contributed by atoms with van der Waals surface area (Å²) in [5, 5.41) is 3.39. The quantitative estimate of drug-likeness (QED) is 0.840. The minimum atomic E-state index is 0.452. The van der Waals surface area contributed by atoms with Crippen LogP contribution in [-0.2, 0) is 6.54 Å². The molecule has 0 amide bonds. The van der Waals surface area contributed by atoms with Gasteiger partial charge in [-0.2, -0.15) is 0 Å². The highest BCUT2D eigenvalue weighted by atomic mass is 15.1. The molecule has 0 fully saturated rings. The van der Waals surface area contributed by atoms with Crippen molar-refractivity contribution in [2.24, 2.45) is 0 Å². The number of hydrogen-bond donors (Lipinski definition) is 1. The van der Waals surface area contributed by atoms with Gasteiger partial charge in [0.25, 0.3) is 0 Å². The molecule has 2 rings (SSSR count). The van der Waals surface area contributed by atoms with Crippen molar-refractivity contribution in [3.05, 3.63) is 42.2 Å². The molecule has 2 heterocycles. The first-order chi connectivity index (χ1) is 9.65. The molecule has 0 aliphatic rings. The number of imidazole rings is 1. The Balaban J connectivity index is 2.11. The zero-order valence-corrected chi connectivity index (χ0v) is 13.0. The third-order valence-electron chi connectivity index (χ3n) is 3.75. The van der Waals surface area contributed by atoms with Crippen LogP contribution in [0.15, 0.2) is 31.0 Å². The maximum Gasteiger partial charge on any atom is 0.0951 e. The van der Waals surface area contributed by atoms with E-state index in [0.29, 0.717) is 12.1 Å². The van der Waals surface area contributed by atoms with E-state index in [4.69, 9.17) is 0 Å². The summed E-state index contributed by atoms with van der Waals surface area (Å²) in [6.45, 7) is 7.47. The fourth-order valence-electron chi connectivity index (χ4n) is 2.64. The van der Waals surface area contributed by atoms with E-state index in [1.807, 2.05) is 19.6 Å². The highest BCUT2D eigenvalue weighted by molar-refractivity contribution is 5.16. The van der Waals surface area contributed by atoms with E-state index in [1.165, 1.54) is 24.1 Å². The van der Waals surface area contributed by atoms with Crippen molar-refractivity contribution in [1.29, 1.82) is 0 Å². The van der Waals surface area contributed by atoms with Crippen molar-refractivity contribution in [2.75, 3.05) is 7.05 Å². The van der Waals surface area contributed by atoms with Gasteiger partial charge in [-0.3, -0.25) is 0 Å². The van der Waals surface area contributed by atoms with Crippen LogP contribution in [0, 0.1) is 0 Å². The van der Waals surface area contributed by atoms with Crippen LogP contribution in [-0.4, -0.2) is 21.2 Å². The highest BCUT2D eigenvalue weighted by Crippen LogP contribution is 2.19. The van der Waals surface area contributed by atoms with Crippen molar-refractivity contribution < 1.29 is 0 Å². The fourth-order valence-corrected chi connectivity index (χ4v) is 2.64. The van der Waals surface area contributed by atoms with E-state index >= 15 is 0 Å². The molecule has 0 aliphatic carbocycles. The topological polar surface area (TPSA) is 34.8 Å². The second-order valence-electron chi connectivity index (χ2n) is 5.63. The molecular formula is C16H26N4. The Morgan fingerprint density at radius 1 is 1.35 bits per heavy atom. The minimum Gasteiger partial charge on any atom is -0.348 e. The van der Waals surface area contributed by atoms with Crippen molar-refractivity contribution in [3.8, 4) is 0 Å². The van der Waals surface area contributed by atoms with Gasteiger partial charge in [0, 0.05) is 30.7 Å². The lowest BCUT2D eigenvalue weighted by molar-refractivity contribution is 0.538. The number of nitrogens with one attached hydrogen (secondary N) is 1. The van der Waals surface area contributed by atoms with Crippen LogP contribution in [0.3, 0.4) is 0 Å². The Labute approximate surface area is 121 Å². The summed E-state index contributed by atoms with van der Waals surface area (Å²) in [5.41, 5.74) is 2.61. The van der Waals surface area contributed by atoms with E-state index < -0.39 is 0 Å². The molecular weight excluding hydrogens is 248 g/mol. The minimum absolute atomic E-state index is 0.452. The van der Waals surface area contributed by atoms with Crippen LogP contribution in [0.2, 0.25) is 0 Å². The monoisotopic (exact) mass is 274 g/mol. The van der Waals surface area contributed by atoms with Crippen molar-refractivity contribution in [3.63, 3.8) is 0 Å². The molecule has 0 saturated heterocycles. The van der Waals surface area contributed by atoms with Crippen LogP contribution < -0.4 is 5.32 Å². The molecule has 1 unspecified atom stereocenters. The highest BCUT2D eigenvalue weighted by Gasteiger charge is 2.11. The van der Waals surface area contributed by atoms with Gasteiger partial charge in [0.05, 0.1) is 18.6 Å². The summed E-state index contributed by atoms with van der Waals surface area (Å²) in [5.74, 6) is 0. The lowest BCUT2D eigenvalue weighted by atomic mass is 10.1. The predicted octanol–water partition coefficient (Wildman–Crippen LogP) is 3.37. The Hall–Kier alpha value is -1.55. The van der Waals surface area contributed by atoms with Crippen molar-refractivity contribution in [2.45, 2.75) is 52.2 Å². The average molecular weight is 274 g/mol. The molecule has 2 aromatic rings. The van der Waals surface area contributed by atoms with E-state index in [0.717, 1.165) is 6.54 Å². The van der Waals surface area contributed by atoms with Gasteiger partial charge in [-0.15, -0.1) is 0 Å². The zero-order valence-electron chi connectivity index (χ0n) is 13.0. The molecule has 0 aliphatic heterocycles. The van der Waals surface area contributed by atoms with E-state index in [2.05, 4.69) is 58.7 Å². The summed E-state index contributed by atoms with van der Waals surface area (Å²) < 4.78 is 4.46. The normalized spacial score (nSPS) is 13.1. The van der Waals surface area contributed by atoms with Gasteiger partial charge in [0.2, 0.25) is 0 Å². The summed E-state index contributed by atoms with van der Waals surface area (Å²) in [6.07, 6.45) is 10.6. The lowest BCUT2D eigenvalue weighted by Crippen LogP contribution is -2.15. The van der Waals surface area contributed by atoms with Gasteiger partial charge in [0.15, 0.2) is 0 Å². The summed E-state index contributed by atoms with van der Waals surface area (Å²) in [7, 11) is 2.03. The number of aromatic nitrogens is 3. The van der Waals surface area contributed by atoms with Gasteiger partial charge in [-0.05, 0) is 38.9 Å². The standard InChI is InChI=1S/C16H26N4/c1-5-6-16(17-4)14-7-8-19(10-14)11-15-9-18-12-20(15)13(2)3/h7-10,12-13,16-17H,5-6,11H2,1-4H3. The third kappa shape index (κ3) is 3.31. The van der Waals surface area contributed by atoms with Crippen LogP contribution >= 0.6 is 0 Å². The molecule has 4 heteroatoms. The van der Waals surface area contributed by atoms with Gasteiger partial charge in [-0.1, -0.05) is 13.3 Å². The first-order valence-corrected chi connectivity index (χ1v) is 7.49. The molecule has 110 valence electrons. The Kier molecular flexibility index (Phi) is 5.01. The molecule has 0 saturated carbocycles. The number of hydrogen-bond acceptors (Lipinski definition) is 2. The summed E-state index contributed by atoms with van der Waals surface area (Å²) in [6, 6.07) is 3.12. The van der Waals surface area contributed by atoms with Gasteiger partial charge in [-0.25, -0.2) is 4.98 Å². The number of nitrogens with zero attached hydrogens (tertiary/aromatic N) is 3. The molecule has 2 aromatic heterocycles. The molecule has 1 atom stereocenters. The Bertz CT molecular complexity index is 524. The lowest BCUT2D eigenvalue weighted by Gasteiger charge is -2.14. The first-order valence-electron chi connectivity index (χ1n) is 7.49. The fraction of sp³-hybridized carbons (Fsp3) is 0.562. The van der Waals surface area contributed by atoms with Gasteiger partial charge in [0.1, 0.15) is 0 Å². The van der Waals surface area contributed by atoms with E-state index in [1.54, 1.807) is 0 Å². The molecule has 0 radical (unpaired) electrons. The zero-order chi connectivity index (χ0) is 14.5. The van der Waals surface area contributed by atoms with Crippen LogP contribution in [0.25, 0.3) is 0 Å². The van der Waals surface area contributed by atoms with Crippen LogP contribution in [0.1, 0.15) is 57.0 Å². The van der Waals surface area contributed by atoms with Gasteiger partial charge >= 0.3 is 0 Å². The number of rotatable bonds is 7. The van der Waals surface area contributed by atoms with E-state index in [-0.39, 0.29) is 0 Å². The second-order valence-corrected chi connectivity index (χ2v) is 5.63. The van der Waals surface area contributed by atoms with Crippen molar-refractivity contribution >= 4 is 0 Å². The summed E-state index contributed by atoms with van der Waals surface area (Å²) in [4.78, 5) is 4.26. The smallest absolute Gasteiger partial charge is 0.0951 e. The van der Waals surface area contributed by atoms with Gasteiger partial charge < -0.3 is 14.5 Å². The SMILES string of the molecule is CCCC(NC)c1ccn(Cc2cncn2C(C)C)c1. The maximum absolute atomic E-state index is 4.26. The molecule has 1 N–H and O–H groups in total. The summed E-state index contributed by atoms with van der Waals surface area (Å²) >= 11 is 0. The molecule has 0 spiro atoms. The van der Waals surface area contributed by atoms with Crippen LogP contribution in [0.4, 0.5) is 0 Å². The maximum atomic E-state index is 4.26. The van der Waals surface area contributed by atoms with E-state index in [9.17, 15) is 0 Å². The average Bonchev–Trinajstić information content (AvgIpc) is 3.05. The Morgan fingerprint density at radius 3 is 2.80 bits per heavy atom. The molecule has 20 heavy (non-hydrogen) atoms. The third-order valence-corrected chi connectivity index (χ3v) is 3.75. The molecule has 4 nitrogen and oxygen atoms in total. The molecule has 0 bridgehead atoms. The molecule has 0 aromatic carbocycles. The van der Waals surface area contributed by atoms with Crippen molar-refractivity contribution in [1.82, 2.24) is 19.4 Å². The largest absolute Gasteiger partial charge is 0.348 e. The predicted molar refractivity (Wildman–Crippen MR) is 82.9 cm³/mol. The first kappa shape index (κ1) is 14.9. The Morgan fingerprint density at radius 2 is 2.15 bits per heavy atom.